The van der Waals surface area contributed by atoms with E-state index < -0.39 is 5.97 Å². The quantitative estimate of drug-likeness (QED) is 0.938. The first kappa shape index (κ1) is 13.8. The summed E-state index contributed by atoms with van der Waals surface area (Å²) in [4.78, 5) is 17.6. The zero-order valence-electron chi connectivity index (χ0n) is 12.0. The second-order valence-corrected chi connectivity index (χ2v) is 5.46. The lowest BCUT2D eigenvalue weighted by Crippen LogP contribution is -2.35. The minimum absolute atomic E-state index is 0.0247. The number of nitrogens with zero attached hydrogens (tertiary/aromatic N) is 2. The molecule has 2 heterocycles. The second-order valence-electron chi connectivity index (χ2n) is 5.46. The number of aromatic nitrogens is 1. The minimum Gasteiger partial charge on any atom is -0.477 e. The Bertz CT molecular complexity index is 664. The van der Waals surface area contributed by atoms with Gasteiger partial charge in [0.05, 0.1) is 0 Å². The van der Waals surface area contributed by atoms with Crippen molar-refractivity contribution in [2.45, 2.75) is 18.9 Å². The maximum Gasteiger partial charge on any atom is 0.354 e. The zero-order valence-corrected chi connectivity index (χ0v) is 12.0. The van der Waals surface area contributed by atoms with Crippen molar-refractivity contribution < 1.29 is 14.6 Å². The molecule has 2 aromatic rings. The first-order chi connectivity index (χ1) is 10.1. The third kappa shape index (κ3) is 2.97. The van der Waals surface area contributed by atoms with E-state index in [1.165, 1.54) is 0 Å². The first-order valence-corrected chi connectivity index (χ1v) is 7.12. The topological polar surface area (TPSA) is 62.7 Å². The van der Waals surface area contributed by atoms with Crippen LogP contribution in [0.4, 0.5) is 0 Å². The summed E-state index contributed by atoms with van der Waals surface area (Å²) in [6, 6.07) is 9.17. The van der Waals surface area contributed by atoms with E-state index in [1.807, 2.05) is 24.3 Å². The van der Waals surface area contributed by atoms with Crippen molar-refractivity contribution in [1.29, 1.82) is 0 Å². The van der Waals surface area contributed by atoms with Crippen LogP contribution >= 0.6 is 0 Å². The third-order valence-corrected chi connectivity index (χ3v) is 3.87. The fourth-order valence-corrected chi connectivity index (χ4v) is 2.63. The SMILES string of the molecule is CN1CCC(Oc2nc(C(=O)O)cc3ccccc23)CC1. The Hall–Kier alpha value is -2.14. The number of ether oxygens (including phenoxy) is 1. The van der Waals surface area contributed by atoms with Gasteiger partial charge >= 0.3 is 5.97 Å². The molecule has 0 atom stereocenters. The van der Waals surface area contributed by atoms with Crippen molar-refractivity contribution in [3.8, 4) is 5.88 Å². The largest absolute Gasteiger partial charge is 0.477 e. The number of aromatic carboxylic acids is 1. The predicted molar refractivity (Wildman–Crippen MR) is 79.8 cm³/mol. The van der Waals surface area contributed by atoms with Crippen molar-refractivity contribution in [3.63, 3.8) is 0 Å². The van der Waals surface area contributed by atoms with Crippen LogP contribution in [0.1, 0.15) is 23.3 Å². The van der Waals surface area contributed by atoms with Crippen LogP contribution in [-0.2, 0) is 0 Å². The molecule has 0 unspecified atom stereocenters. The van der Waals surface area contributed by atoms with E-state index in [2.05, 4.69) is 16.9 Å². The zero-order chi connectivity index (χ0) is 14.8. The van der Waals surface area contributed by atoms with Gasteiger partial charge in [-0.15, -0.1) is 0 Å². The molecule has 110 valence electrons. The molecule has 1 fully saturated rings. The van der Waals surface area contributed by atoms with Gasteiger partial charge in [0.2, 0.25) is 5.88 Å². The van der Waals surface area contributed by atoms with Crippen LogP contribution in [0.5, 0.6) is 5.88 Å². The summed E-state index contributed by atoms with van der Waals surface area (Å²) in [5, 5.41) is 10.9. The molecule has 1 aliphatic rings. The van der Waals surface area contributed by atoms with Gasteiger partial charge in [0.15, 0.2) is 5.69 Å². The van der Waals surface area contributed by atoms with E-state index >= 15 is 0 Å². The smallest absolute Gasteiger partial charge is 0.354 e. The fourth-order valence-electron chi connectivity index (χ4n) is 2.63. The van der Waals surface area contributed by atoms with Crippen LogP contribution < -0.4 is 4.74 Å². The highest BCUT2D eigenvalue weighted by Gasteiger charge is 2.20. The number of carbonyl (C=O) groups is 1. The molecule has 0 saturated carbocycles. The van der Waals surface area contributed by atoms with Gasteiger partial charge in [0.1, 0.15) is 6.10 Å². The van der Waals surface area contributed by atoms with Crippen LogP contribution in [0.15, 0.2) is 30.3 Å². The molecule has 0 amide bonds. The number of likely N-dealkylation sites (tertiary alicyclic amines) is 1. The third-order valence-electron chi connectivity index (χ3n) is 3.87. The molecule has 1 aliphatic heterocycles. The monoisotopic (exact) mass is 286 g/mol. The van der Waals surface area contributed by atoms with Crippen LogP contribution in [-0.4, -0.2) is 47.2 Å². The van der Waals surface area contributed by atoms with Crippen LogP contribution in [0, 0.1) is 0 Å². The number of hydrogen-bond donors (Lipinski definition) is 1. The van der Waals surface area contributed by atoms with E-state index in [9.17, 15) is 9.90 Å². The molecular formula is C16H18N2O3. The number of rotatable bonds is 3. The van der Waals surface area contributed by atoms with E-state index in [0.29, 0.717) is 5.88 Å². The first-order valence-electron chi connectivity index (χ1n) is 7.12. The molecule has 21 heavy (non-hydrogen) atoms. The summed E-state index contributed by atoms with van der Waals surface area (Å²) in [6.45, 7) is 1.97. The predicted octanol–water partition coefficient (Wildman–Crippen LogP) is 2.41. The molecule has 1 aromatic carbocycles. The standard InChI is InChI=1S/C16H18N2O3/c1-18-8-6-12(7-9-18)21-15-13-5-3-2-4-11(13)10-14(17-15)16(19)20/h2-5,10,12H,6-9H2,1H3,(H,19,20). The Morgan fingerprint density at radius 2 is 2.05 bits per heavy atom. The van der Waals surface area contributed by atoms with Crippen molar-refractivity contribution in [1.82, 2.24) is 9.88 Å². The van der Waals surface area contributed by atoms with Gasteiger partial charge in [-0.25, -0.2) is 9.78 Å². The summed E-state index contributed by atoms with van der Waals surface area (Å²) in [5.74, 6) is -0.603. The summed E-state index contributed by atoms with van der Waals surface area (Å²) >= 11 is 0. The molecule has 5 nitrogen and oxygen atoms in total. The van der Waals surface area contributed by atoms with Gasteiger partial charge in [-0.05, 0) is 37.4 Å². The summed E-state index contributed by atoms with van der Waals surface area (Å²) in [6.07, 6.45) is 1.97. The summed E-state index contributed by atoms with van der Waals surface area (Å²) < 4.78 is 6.01. The molecule has 5 heteroatoms. The van der Waals surface area contributed by atoms with Gasteiger partial charge in [-0.2, -0.15) is 0 Å². The molecule has 0 radical (unpaired) electrons. The number of carboxylic acids is 1. The van der Waals surface area contributed by atoms with E-state index in [4.69, 9.17) is 4.74 Å². The van der Waals surface area contributed by atoms with Gasteiger partial charge in [-0.3, -0.25) is 0 Å². The summed E-state index contributed by atoms with van der Waals surface area (Å²) in [7, 11) is 2.09. The Morgan fingerprint density at radius 3 is 2.76 bits per heavy atom. The normalized spacial score (nSPS) is 17.0. The summed E-state index contributed by atoms with van der Waals surface area (Å²) in [5.41, 5.74) is 0.0247. The fraction of sp³-hybridized carbons (Fsp3) is 0.375. The lowest BCUT2D eigenvalue weighted by Gasteiger charge is -2.29. The Morgan fingerprint density at radius 1 is 1.33 bits per heavy atom. The average molecular weight is 286 g/mol. The molecular weight excluding hydrogens is 268 g/mol. The number of piperidine rings is 1. The number of carboxylic acid groups (broad SMARTS) is 1. The van der Waals surface area contributed by atoms with Crippen molar-refractivity contribution in [3.05, 3.63) is 36.0 Å². The van der Waals surface area contributed by atoms with Gasteiger partial charge in [0, 0.05) is 18.5 Å². The van der Waals surface area contributed by atoms with Crippen molar-refractivity contribution in [2.24, 2.45) is 0 Å². The Labute approximate surface area is 123 Å². The lowest BCUT2D eigenvalue weighted by atomic mass is 10.1. The van der Waals surface area contributed by atoms with Crippen LogP contribution in [0.2, 0.25) is 0 Å². The van der Waals surface area contributed by atoms with Crippen LogP contribution in [0.25, 0.3) is 10.8 Å². The van der Waals surface area contributed by atoms with Gasteiger partial charge in [0.25, 0.3) is 0 Å². The number of fused-ring (bicyclic) bond motifs is 1. The van der Waals surface area contributed by atoms with E-state index in [0.717, 1.165) is 36.7 Å². The number of benzene rings is 1. The molecule has 0 bridgehead atoms. The molecule has 1 saturated heterocycles. The van der Waals surface area contributed by atoms with Crippen molar-refractivity contribution >= 4 is 16.7 Å². The molecule has 1 aromatic heterocycles. The maximum absolute atomic E-state index is 11.2. The van der Waals surface area contributed by atoms with Gasteiger partial charge < -0.3 is 14.7 Å². The van der Waals surface area contributed by atoms with E-state index in [1.54, 1.807) is 6.07 Å². The minimum atomic E-state index is -1.03. The lowest BCUT2D eigenvalue weighted by molar-refractivity contribution is 0.0686. The maximum atomic E-state index is 11.2. The average Bonchev–Trinajstić information content (AvgIpc) is 2.49. The van der Waals surface area contributed by atoms with E-state index in [-0.39, 0.29) is 11.8 Å². The number of hydrogen-bond acceptors (Lipinski definition) is 4. The second kappa shape index (κ2) is 5.69. The molecule has 3 rings (SSSR count). The molecule has 1 N–H and O–H groups in total. The highest BCUT2D eigenvalue weighted by molar-refractivity contribution is 5.94. The van der Waals surface area contributed by atoms with Gasteiger partial charge in [-0.1, -0.05) is 18.2 Å². The Kier molecular flexibility index (Phi) is 3.75. The highest BCUT2D eigenvalue weighted by atomic mass is 16.5. The Balaban J connectivity index is 1.94. The molecule has 0 aliphatic carbocycles. The van der Waals surface area contributed by atoms with Crippen LogP contribution in [0.3, 0.4) is 0 Å². The number of pyridine rings is 1. The highest BCUT2D eigenvalue weighted by Crippen LogP contribution is 2.27. The molecule has 0 spiro atoms. The van der Waals surface area contributed by atoms with Crippen molar-refractivity contribution in [2.75, 3.05) is 20.1 Å².